The molecule has 0 bridgehead atoms. The van der Waals surface area contributed by atoms with Crippen LogP contribution in [0.3, 0.4) is 0 Å². The lowest BCUT2D eigenvalue weighted by molar-refractivity contribution is -0.115. The van der Waals surface area contributed by atoms with Crippen molar-refractivity contribution in [3.8, 4) is 0 Å². The van der Waals surface area contributed by atoms with Crippen molar-refractivity contribution in [3.05, 3.63) is 71.4 Å². The van der Waals surface area contributed by atoms with Gasteiger partial charge in [0.05, 0.1) is 11.7 Å². The summed E-state index contributed by atoms with van der Waals surface area (Å²) in [7, 11) is 0. The van der Waals surface area contributed by atoms with Gasteiger partial charge in [-0.05, 0) is 37.1 Å². The van der Waals surface area contributed by atoms with Crippen molar-refractivity contribution in [2.75, 3.05) is 5.32 Å². The number of benzene rings is 2. The van der Waals surface area contributed by atoms with Crippen molar-refractivity contribution in [1.29, 1.82) is 0 Å². The standard InChI is InChI=1S/C19H18FN3O2S/c1-12-8-9-15(11-16(12)20)21-18(24)13(2)26-19-23-22-17(25-19)10-14-6-4-3-5-7-14/h3-9,11,13H,10H2,1-2H3,(H,21,24)/t13-/m1/s1. The Balaban J connectivity index is 1.58. The summed E-state index contributed by atoms with van der Waals surface area (Å²) in [6, 6.07) is 14.4. The van der Waals surface area contributed by atoms with Crippen molar-refractivity contribution >= 4 is 23.4 Å². The number of nitrogens with zero attached hydrogens (tertiary/aromatic N) is 2. The zero-order valence-corrected chi connectivity index (χ0v) is 15.2. The molecule has 3 rings (SSSR count). The minimum atomic E-state index is -0.468. The third kappa shape index (κ3) is 4.70. The normalized spacial score (nSPS) is 12.0. The molecule has 0 spiro atoms. The number of rotatable bonds is 6. The number of aromatic nitrogens is 2. The van der Waals surface area contributed by atoms with Gasteiger partial charge >= 0.3 is 0 Å². The van der Waals surface area contributed by atoms with Crippen molar-refractivity contribution in [2.45, 2.75) is 30.7 Å². The Morgan fingerprint density at radius 2 is 2.00 bits per heavy atom. The molecule has 1 atom stereocenters. The van der Waals surface area contributed by atoms with Crippen LogP contribution >= 0.6 is 11.8 Å². The van der Waals surface area contributed by atoms with Gasteiger partial charge < -0.3 is 9.73 Å². The minimum absolute atomic E-state index is 0.263. The molecule has 0 fully saturated rings. The highest BCUT2D eigenvalue weighted by Crippen LogP contribution is 2.24. The maximum atomic E-state index is 13.6. The Morgan fingerprint density at radius 3 is 2.73 bits per heavy atom. The molecule has 1 aromatic heterocycles. The summed E-state index contributed by atoms with van der Waals surface area (Å²) >= 11 is 1.16. The second kappa shape index (κ2) is 8.14. The quantitative estimate of drug-likeness (QED) is 0.657. The maximum Gasteiger partial charge on any atom is 0.277 e. The molecule has 2 aromatic carbocycles. The number of thioether (sulfide) groups is 1. The van der Waals surface area contributed by atoms with Crippen molar-refractivity contribution < 1.29 is 13.6 Å². The molecule has 5 nitrogen and oxygen atoms in total. The molecule has 0 aliphatic heterocycles. The summed E-state index contributed by atoms with van der Waals surface area (Å²) in [5.74, 6) is -0.126. The van der Waals surface area contributed by atoms with Crippen LogP contribution in [0.25, 0.3) is 0 Å². The molecule has 1 amide bonds. The summed E-state index contributed by atoms with van der Waals surface area (Å²) in [5.41, 5.74) is 2.02. The Morgan fingerprint density at radius 1 is 1.23 bits per heavy atom. The van der Waals surface area contributed by atoms with Crippen LogP contribution in [-0.4, -0.2) is 21.4 Å². The second-order valence-corrected chi connectivity index (χ2v) is 7.13. The molecule has 134 valence electrons. The summed E-state index contributed by atoms with van der Waals surface area (Å²) in [5, 5.41) is 10.5. The minimum Gasteiger partial charge on any atom is -0.416 e. The fourth-order valence-electron chi connectivity index (χ4n) is 2.25. The number of carbonyl (C=O) groups is 1. The zero-order valence-electron chi connectivity index (χ0n) is 14.4. The van der Waals surface area contributed by atoms with Gasteiger partial charge in [0, 0.05) is 5.69 Å². The number of aryl methyl sites for hydroxylation is 1. The lowest BCUT2D eigenvalue weighted by Crippen LogP contribution is -2.22. The number of hydrogen-bond acceptors (Lipinski definition) is 5. The van der Waals surface area contributed by atoms with Gasteiger partial charge in [-0.15, -0.1) is 10.2 Å². The number of amides is 1. The highest BCUT2D eigenvalue weighted by Gasteiger charge is 2.19. The Hall–Kier alpha value is -2.67. The van der Waals surface area contributed by atoms with Crippen LogP contribution in [0.1, 0.15) is 23.9 Å². The van der Waals surface area contributed by atoms with Crippen molar-refractivity contribution in [2.24, 2.45) is 0 Å². The van der Waals surface area contributed by atoms with E-state index in [4.69, 9.17) is 4.42 Å². The topological polar surface area (TPSA) is 68.0 Å². The summed E-state index contributed by atoms with van der Waals surface area (Å²) < 4.78 is 19.2. The zero-order chi connectivity index (χ0) is 18.5. The Labute approximate surface area is 155 Å². The molecule has 0 radical (unpaired) electrons. The molecular weight excluding hydrogens is 353 g/mol. The monoisotopic (exact) mass is 371 g/mol. The van der Waals surface area contributed by atoms with E-state index in [9.17, 15) is 9.18 Å². The van der Waals surface area contributed by atoms with E-state index in [0.29, 0.717) is 28.8 Å². The van der Waals surface area contributed by atoms with Gasteiger partial charge in [0.15, 0.2) is 0 Å². The van der Waals surface area contributed by atoms with Crippen LogP contribution in [0.5, 0.6) is 0 Å². The first kappa shape index (κ1) is 18.1. The fraction of sp³-hybridized carbons (Fsp3) is 0.211. The average Bonchev–Trinajstić information content (AvgIpc) is 3.06. The molecule has 0 aliphatic rings. The summed E-state index contributed by atoms with van der Waals surface area (Å²) in [6.45, 7) is 3.40. The molecule has 7 heteroatoms. The molecule has 0 unspecified atom stereocenters. The van der Waals surface area contributed by atoms with Crippen LogP contribution in [0.15, 0.2) is 58.2 Å². The van der Waals surface area contributed by atoms with Gasteiger partial charge in [-0.2, -0.15) is 0 Å². The van der Waals surface area contributed by atoms with E-state index in [-0.39, 0.29) is 11.7 Å². The van der Waals surface area contributed by atoms with Crippen LogP contribution in [0.4, 0.5) is 10.1 Å². The third-order valence-corrected chi connectivity index (χ3v) is 4.67. The smallest absolute Gasteiger partial charge is 0.277 e. The molecule has 0 aliphatic carbocycles. The Kier molecular flexibility index (Phi) is 5.68. The molecule has 26 heavy (non-hydrogen) atoms. The number of anilines is 1. The summed E-state index contributed by atoms with van der Waals surface area (Å²) in [6.07, 6.45) is 0.539. The molecule has 0 saturated carbocycles. The average molecular weight is 371 g/mol. The molecule has 0 saturated heterocycles. The van der Waals surface area contributed by atoms with Gasteiger partial charge in [-0.25, -0.2) is 4.39 Å². The molecule has 1 N–H and O–H groups in total. The second-order valence-electron chi connectivity index (χ2n) is 5.84. The molecular formula is C19H18FN3O2S. The van der Waals surface area contributed by atoms with E-state index in [2.05, 4.69) is 15.5 Å². The van der Waals surface area contributed by atoms with E-state index in [1.165, 1.54) is 6.07 Å². The highest BCUT2D eigenvalue weighted by atomic mass is 32.2. The number of hydrogen-bond donors (Lipinski definition) is 1. The highest BCUT2D eigenvalue weighted by molar-refractivity contribution is 8.00. The predicted octanol–water partition coefficient (Wildman–Crippen LogP) is 4.23. The van der Waals surface area contributed by atoms with Crippen LogP contribution in [0, 0.1) is 12.7 Å². The van der Waals surface area contributed by atoms with E-state index in [1.807, 2.05) is 30.3 Å². The lowest BCUT2D eigenvalue weighted by atomic mass is 10.2. The SMILES string of the molecule is Cc1ccc(NC(=O)[C@@H](C)Sc2nnc(Cc3ccccc3)o2)cc1F. The van der Waals surface area contributed by atoms with Crippen molar-refractivity contribution in [1.82, 2.24) is 10.2 Å². The van der Waals surface area contributed by atoms with Crippen LogP contribution in [-0.2, 0) is 11.2 Å². The number of nitrogens with one attached hydrogen (secondary N) is 1. The van der Waals surface area contributed by atoms with E-state index < -0.39 is 5.25 Å². The first-order valence-corrected chi connectivity index (χ1v) is 8.99. The van der Waals surface area contributed by atoms with Crippen molar-refractivity contribution in [3.63, 3.8) is 0 Å². The largest absolute Gasteiger partial charge is 0.416 e. The van der Waals surface area contributed by atoms with Gasteiger partial charge in [-0.3, -0.25) is 4.79 Å². The molecule has 1 heterocycles. The first-order chi connectivity index (χ1) is 12.5. The van der Waals surface area contributed by atoms with Gasteiger partial charge in [-0.1, -0.05) is 48.2 Å². The van der Waals surface area contributed by atoms with Gasteiger partial charge in [0.2, 0.25) is 11.8 Å². The predicted molar refractivity (Wildman–Crippen MR) is 98.6 cm³/mol. The number of carbonyl (C=O) groups excluding carboxylic acids is 1. The number of halogens is 1. The van der Waals surface area contributed by atoms with E-state index >= 15 is 0 Å². The fourth-order valence-corrected chi connectivity index (χ4v) is 2.95. The van der Waals surface area contributed by atoms with Crippen LogP contribution < -0.4 is 5.32 Å². The molecule has 3 aromatic rings. The van der Waals surface area contributed by atoms with E-state index in [1.54, 1.807) is 26.0 Å². The van der Waals surface area contributed by atoms with Gasteiger partial charge in [0.1, 0.15) is 5.82 Å². The Bertz CT molecular complexity index is 899. The maximum absolute atomic E-state index is 13.6. The third-order valence-electron chi connectivity index (χ3n) is 3.73. The first-order valence-electron chi connectivity index (χ1n) is 8.11. The summed E-state index contributed by atoms with van der Waals surface area (Å²) in [4.78, 5) is 12.3. The van der Waals surface area contributed by atoms with Crippen LogP contribution in [0.2, 0.25) is 0 Å². The van der Waals surface area contributed by atoms with Gasteiger partial charge in [0.25, 0.3) is 5.22 Å². The lowest BCUT2D eigenvalue weighted by Gasteiger charge is -2.10. The van der Waals surface area contributed by atoms with E-state index in [0.717, 1.165) is 17.3 Å².